The van der Waals surface area contributed by atoms with Crippen LogP contribution < -0.4 is 10.2 Å². The van der Waals surface area contributed by atoms with E-state index in [1.54, 1.807) is 6.92 Å². The average molecular weight is 288 g/mol. The minimum Gasteiger partial charge on any atom is -0.356 e. The number of rotatable bonds is 2. The lowest BCUT2D eigenvalue weighted by molar-refractivity contribution is -0.119. The highest BCUT2D eigenvalue weighted by Crippen LogP contribution is 2.29. The van der Waals surface area contributed by atoms with E-state index >= 15 is 0 Å². The molecule has 2 heterocycles. The molecule has 3 rings (SSSR count). The molecule has 2 aliphatic rings. The Hall–Kier alpha value is -1.65. The molecule has 21 heavy (non-hydrogen) atoms. The molecule has 5 heteroatoms. The molecule has 0 saturated carbocycles. The Kier molecular flexibility index (Phi) is 4.08. The van der Waals surface area contributed by atoms with Crippen LogP contribution in [0.2, 0.25) is 0 Å². The third-order valence-electron chi connectivity index (χ3n) is 4.47. The van der Waals surface area contributed by atoms with E-state index in [9.17, 15) is 4.79 Å². The number of anilines is 1. The smallest absolute Gasteiger partial charge is 0.217 e. The third kappa shape index (κ3) is 3.17. The van der Waals surface area contributed by atoms with E-state index < -0.39 is 0 Å². The zero-order valence-electron chi connectivity index (χ0n) is 13.0. The van der Waals surface area contributed by atoms with Gasteiger partial charge in [0.2, 0.25) is 5.91 Å². The number of amides is 1. The van der Waals surface area contributed by atoms with Gasteiger partial charge in [-0.05, 0) is 45.4 Å². The molecular formula is C16H24N4O. The van der Waals surface area contributed by atoms with Gasteiger partial charge in [0, 0.05) is 37.3 Å². The minimum absolute atomic E-state index is 0.0729. The van der Waals surface area contributed by atoms with Crippen molar-refractivity contribution in [2.75, 3.05) is 18.0 Å². The fraction of sp³-hybridized carbons (Fsp3) is 0.688. The number of nitrogens with one attached hydrogen (secondary N) is 1. The van der Waals surface area contributed by atoms with Crippen molar-refractivity contribution in [2.24, 2.45) is 0 Å². The standard InChI is InChI=1S/C16H24N4O/c1-11-17-15-6-4-3-5-14(15)16(18-11)20-9-7-13(8-10-20)19-12(2)21/h13H,3-10H2,1-2H3,(H,19,21). The summed E-state index contributed by atoms with van der Waals surface area (Å²) in [7, 11) is 0. The predicted molar refractivity (Wildman–Crippen MR) is 82.5 cm³/mol. The number of carbonyl (C=O) groups is 1. The first-order chi connectivity index (χ1) is 10.1. The summed E-state index contributed by atoms with van der Waals surface area (Å²) in [4.78, 5) is 22.9. The number of piperidine rings is 1. The van der Waals surface area contributed by atoms with E-state index in [-0.39, 0.29) is 5.91 Å². The molecule has 0 atom stereocenters. The highest BCUT2D eigenvalue weighted by Gasteiger charge is 2.25. The average Bonchev–Trinajstić information content (AvgIpc) is 2.46. The van der Waals surface area contributed by atoms with Crippen LogP contribution in [-0.2, 0) is 17.6 Å². The van der Waals surface area contributed by atoms with Crippen LogP contribution in [0, 0.1) is 6.92 Å². The van der Waals surface area contributed by atoms with E-state index in [0.717, 1.165) is 50.4 Å². The fourth-order valence-electron chi connectivity index (χ4n) is 3.48. The van der Waals surface area contributed by atoms with Crippen LogP contribution in [0.5, 0.6) is 0 Å². The molecule has 1 aromatic heterocycles. The van der Waals surface area contributed by atoms with Gasteiger partial charge in [-0.2, -0.15) is 0 Å². The van der Waals surface area contributed by atoms with Gasteiger partial charge < -0.3 is 10.2 Å². The van der Waals surface area contributed by atoms with Crippen LogP contribution in [0.1, 0.15) is 49.7 Å². The maximum Gasteiger partial charge on any atom is 0.217 e. The van der Waals surface area contributed by atoms with Gasteiger partial charge in [0.1, 0.15) is 11.6 Å². The minimum atomic E-state index is 0.0729. The van der Waals surface area contributed by atoms with Crippen LogP contribution in [0.3, 0.4) is 0 Å². The van der Waals surface area contributed by atoms with Crippen molar-refractivity contribution in [1.29, 1.82) is 0 Å². The van der Waals surface area contributed by atoms with Crippen molar-refractivity contribution in [1.82, 2.24) is 15.3 Å². The van der Waals surface area contributed by atoms with Crippen molar-refractivity contribution in [3.05, 3.63) is 17.1 Å². The van der Waals surface area contributed by atoms with E-state index in [0.29, 0.717) is 6.04 Å². The number of carbonyl (C=O) groups excluding carboxylic acids is 1. The first kappa shape index (κ1) is 14.3. The maximum atomic E-state index is 11.2. The second-order valence-electron chi connectivity index (χ2n) is 6.19. The van der Waals surface area contributed by atoms with Gasteiger partial charge >= 0.3 is 0 Å². The Balaban J connectivity index is 1.76. The van der Waals surface area contributed by atoms with E-state index in [1.165, 1.54) is 24.1 Å². The lowest BCUT2D eigenvalue weighted by atomic mass is 9.95. The molecule has 1 aromatic rings. The second-order valence-corrected chi connectivity index (χ2v) is 6.19. The molecule has 0 unspecified atom stereocenters. The van der Waals surface area contributed by atoms with E-state index in [2.05, 4.69) is 15.2 Å². The molecule has 0 spiro atoms. The van der Waals surface area contributed by atoms with Crippen LogP contribution in [-0.4, -0.2) is 35.0 Å². The summed E-state index contributed by atoms with van der Waals surface area (Å²) in [5.74, 6) is 2.11. The Bertz CT molecular complexity index is 535. The monoisotopic (exact) mass is 288 g/mol. The molecule has 1 N–H and O–H groups in total. The molecule has 5 nitrogen and oxygen atoms in total. The summed E-state index contributed by atoms with van der Waals surface area (Å²) in [6, 6.07) is 0.317. The van der Waals surface area contributed by atoms with Gasteiger partial charge in [0.05, 0.1) is 0 Å². The summed E-state index contributed by atoms with van der Waals surface area (Å²) in [5.41, 5.74) is 2.62. The SMILES string of the molecule is CC(=O)NC1CCN(c2nc(C)nc3c2CCCC3)CC1. The van der Waals surface area contributed by atoms with Crippen LogP contribution in [0.15, 0.2) is 0 Å². The van der Waals surface area contributed by atoms with Crippen molar-refractivity contribution >= 4 is 11.7 Å². The molecule has 0 bridgehead atoms. The highest BCUT2D eigenvalue weighted by molar-refractivity contribution is 5.73. The first-order valence-electron chi connectivity index (χ1n) is 8.02. The van der Waals surface area contributed by atoms with Gasteiger partial charge in [-0.15, -0.1) is 0 Å². The molecule has 114 valence electrons. The molecular weight excluding hydrogens is 264 g/mol. The van der Waals surface area contributed by atoms with Gasteiger partial charge in [-0.25, -0.2) is 9.97 Å². The second kappa shape index (κ2) is 6.00. The summed E-state index contributed by atoms with van der Waals surface area (Å²) >= 11 is 0. The predicted octanol–water partition coefficient (Wildman–Crippen LogP) is 1.77. The molecule has 1 saturated heterocycles. The summed E-state index contributed by atoms with van der Waals surface area (Å²) in [5, 5.41) is 3.03. The zero-order chi connectivity index (χ0) is 14.8. The van der Waals surface area contributed by atoms with Crippen LogP contribution in [0.25, 0.3) is 0 Å². The molecule has 1 aliphatic carbocycles. The van der Waals surface area contributed by atoms with Gasteiger partial charge in [-0.1, -0.05) is 0 Å². The number of aromatic nitrogens is 2. The fourth-order valence-corrected chi connectivity index (χ4v) is 3.48. The van der Waals surface area contributed by atoms with Gasteiger partial charge in [0.25, 0.3) is 0 Å². The van der Waals surface area contributed by atoms with Crippen LogP contribution >= 0.6 is 0 Å². The summed E-state index contributed by atoms with van der Waals surface area (Å²) in [6.45, 7) is 5.51. The third-order valence-corrected chi connectivity index (χ3v) is 4.47. The van der Waals surface area contributed by atoms with Crippen molar-refractivity contribution in [2.45, 2.75) is 58.4 Å². The van der Waals surface area contributed by atoms with E-state index in [1.807, 2.05) is 6.92 Å². The van der Waals surface area contributed by atoms with Crippen molar-refractivity contribution in [3.8, 4) is 0 Å². The number of hydrogen-bond acceptors (Lipinski definition) is 4. The zero-order valence-corrected chi connectivity index (χ0v) is 13.0. The van der Waals surface area contributed by atoms with Crippen molar-refractivity contribution in [3.63, 3.8) is 0 Å². The normalized spacial score (nSPS) is 19.2. The molecule has 0 radical (unpaired) electrons. The molecule has 1 fully saturated rings. The summed E-state index contributed by atoms with van der Waals surface area (Å²) < 4.78 is 0. The lowest BCUT2D eigenvalue weighted by Gasteiger charge is -2.35. The van der Waals surface area contributed by atoms with Crippen molar-refractivity contribution < 1.29 is 4.79 Å². The number of aryl methyl sites for hydroxylation is 2. The largest absolute Gasteiger partial charge is 0.356 e. The molecule has 0 aromatic carbocycles. The Morgan fingerprint density at radius 3 is 2.62 bits per heavy atom. The number of hydrogen-bond donors (Lipinski definition) is 1. The summed E-state index contributed by atoms with van der Waals surface area (Å²) in [6.07, 6.45) is 6.68. The van der Waals surface area contributed by atoms with E-state index in [4.69, 9.17) is 4.98 Å². The Labute approximate surface area is 126 Å². The highest BCUT2D eigenvalue weighted by atomic mass is 16.1. The lowest BCUT2D eigenvalue weighted by Crippen LogP contribution is -2.44. The molecule has 1 aliphatic heterocycles. The topological polar surface area (TPSA) is 58.1 Å². The van der Waals surface area contributed by atoms with Gasteiger partial charge in [0.15, 0.2) is 0 Å². The van der Waals surface area contributed by atoms with Crippen LogP contribution in [0.4, 0.5) is 5.82 Å². The van der Waals surface area contributed by atoms with Gasteiger partial charge in [-0.3, -0.25) is 4.79 Å². The number of nitrogens with zero attached hydrogens (tertiary/aromatic N) is 3. The molecule has 1 amide bonds. The quantitative estimate of drug-likeness (QED) is 0.901. The maximum absolute atomic E-state index is 11.2. The Morgan fingerprint density at radius 2 is 1.90 bits per heavy atom. The Morgan fingerprint density at radius 1 is 1.19 bits per heavy atom. The first-order valence-corrected chi connectivity index (χ1v) is 8.02. The number of fused-ring (bicyclic) bond motifs is 1.